The molecule has 1 amide bonds. The molecular formula is C20H27N3O2S. The molecule has 5 nitrogen and oxygen atoms in total. The summed E-state index contributed by atoms with van der Waals surface area (Å²) in [4.78, 5) is 19.8. The number of benzene rings is 1. The monoisotopic (exact) mass is 373 g/mol. The number of carbonyl (C=O) groups is 1. The van der Waals surface area contributed by atoms with Crippen LogP contribution in [0.1, 0.15) is 46.6 Å². The van der Waals surface area contributed by atoms with Crippen LogP contribution in [-0.4, -0.2) is 42.1 Å². The van der Waals surface area contributed by atoms with Crippen molar-refractivity contribution in [1.82, 2.24) is 15.2 Å². The van der Waals surface area contributed by atoms with Crippen molar-refractivity contribution >= 4 is 17.2 Å². The molecule has 140 valence electrons. The molecule has 0 aliphatic carbocycles. The molecule has 1 aliphatic heterocycles. The van der Waals surface area contributed by atoms with Crippen LogP contribution in [-0.2, 0) is 23.2 Å². The minimum Gasteiger partial charge on any atom is -0.379 e. The van der Waals surface area contributed by atoms with Crippen LogP contribution in [0.15, 0.2) is 30.5 Å². The Labute approximate surface area is 159 Å². The van der Waals surface area contributed by atoms with E-state index < -0.39 is 0 Å². The van der Waals surface area contributed by atoms with Gasteiger partial charge < -0.3 is 10.1 Å². The average molecular weight is 374 g/mol. The zero-order valence-electron chi connectivity index (χ0n) is 15.7. The summed E-state index contributed by atoms with van der Waals surface area (Å²) >= 11 is 1.47. The Morgan fingerprint density at radius 2 is 1.85 bits per heavy atom. The lowest BCUT2D eigenvalue weighted by Gasteiger charge is -2.26. The maximum atomic E-state index is 12.3. The Balaban J connectivity index is 1.51. The number of nitrogens with one attached hydrogen (secondary N) is 1. The molecule has 1 aliphatic rings. The summed E-state index contributed by atoms with van der Waals surface area (Å²) in [5.41, 5.74) is 2.36. The molecule has 1 aromatic heterocycles. The highest BCUT2D eigenvalue weighted by Crippen LogP contribution is 2.26. The number of nitrogens with zero attached hydrogens (tertiary/aromatic N) is 2. The van der Waals surface area contributed by atoms with Gasteiger partial charge in [0.2, 0.25) is 0 Å². The highest BCUT2D eigenvalue weighted by Gasteiger charge is 2.20. The number of amides is 1. The van der Waals surface area contributed by atoms with Crippen LogP contribution >= 0.6 is 11.3 Å². The van der Waals surface area contributed by atoms with E-state index in [0.29, 0.717) is 11.4 Å². The van der Waals surface area contributed by atoms with Crippen LogP contribution in [0.3, 0.4) is 0 Å². The maximum Gasteiger partial charge on any atom is 0.263 e. The normalized spacial score (nSPS) is 15.8. The van der Waals surface area contributed by atoms with E-state index in [0.717, 1.165) is 43.4 Å². The maximum absolute atomic E-state index is 12.3. The third-order valence-corrected chi connectivity index (χ3v) is 5.78. The van der Waals surface area contributed by atoms with Gasteiger partial charge in [0, 0.05) is 31.6 Å². The summed E-state index contributed by atoms with van der Waals surface area (Å²) < 4.78 is 5.38. The number of aromatic nitrogens is 1. The van der Waals surface area contributed by atoms with Crippen molar-refractivity contribution in [3.05, 3.63) is 51.5 Å². The van der Waals surface area contributed by atoms with E-state index in [1.807, 2.05) is 0 Å². The van der Waals surface area contributed by atoms with Gasteiger partial charge in [-0.3, -0.25) is 9.69 Å². The second-order valence-electron chi connectivity index (χ2n) is 7.67. The van der Waals surface area contributed by atoms with E-state index in [1.54, 1.807) is 6.20 Å². The Bertz CT molecular complexity index is 728. The smallest absolute Gasteiger partial charge is 0.263 e. The highest BCUT2D eigenvalue weighted by molar-refractivity contribution is 7.13. The Morgan fingerprint density at radius 3 is 2.46 bits per heavy atom. The van der Waals surface area contributed by atoms with Gasteiger partial charge >= 0.3 is 0 Å². The molecule has 0 spiro atoms. The molecule has 0 radical (unpaired) electrons. The summed E-state index contributed by atoms with van der Waals surface area (Å²) in [6.45, 7) is 11.4. The number of carbonyl (C=O) groups excluding carboxylic acids is 1. The third-order valence-electron chi connectivity index (χ3n) is 4.36. The number of ether oxygens (including phenoxy) is 1. The largest absolute Gasteiger partial charge is 0.379 e. The van der Waals surface area contributed by atoms with Gasteiger partial charge in [-0.2, -0.15) is 0 Å². The van der Waals surface area contributed by atoms with E-state index in [-0.39, 0.29) is 11.3 Å². The Hall–Kier alpha value is -1.76. The average Bonchev–Trinajstić information content (AvgIpc) is 3.12. The summed E-state index contributed by atoms with van der Waals surface area (Å²) in [6.07, 6.45) is 1.67. The van der Waals surface area contributed by atoms with Crippen LogP contribution in [0, 0.1) is 0 Å². The van der Waals surface area contributed by atoms with Gasteiger partial charge in [-0.15, -0.1) is 11.3 Å². The summed E-state index contributed by atoms with van der Waals surface area (Å²) in [5, 5.41) is 3.97. The van der Waals surface area contributed by atoms with Gasteiger partial charge in [0.1, 0.15) is 4.88 Å². The number of hydrogen-bond acceptors (Lipinski definition) is 5. The van der Waals surface area contributed by atoms with E-state index in [4.69, 9.17) is 4.74 Å². The standard InChI is InChI=1S/C20H27N3O2S/c1-20(2,3)19-22-13-17(26-19)18(24)21-12-15-4-6-16(7-5-15)14-23-8-10-25-11-9-23/h4-7,13H,8-12,14H2,1-3H3,(H,21,24). The molecule has 6 heteroatoms. The topological polar surface area (TPSA) is 54.5 Å². The predicted molar refractivity (Wildman–Crippen MR) is 105 cm³/mol. The van der Waals surface area contributed by atoms with Crippen molar-refractivity contribution in [2.45, 2.75) is 39.3 Å². The second-order valence-corrected chi connectivity index (χ2v) is 8.70. The quantitative estimate of drug-likeness (QED) is 0.874. The molecule has 0 saturated carbocycles. The van der Waals surface area contributed by atoms with Crippen LogP contribution in [0.2, 0.25) is 0 Å². The molecule has 1 N–H and O–H groups in total. The summed E-state index contributed by atoms with van der Waals surface area (Å²) in [5.74, 6) is -0.0598. The van der Waals surface area contributed by atoms with Crippen molar-refractivity contribution in [2.75, 3.05) is 26.3 Å². The molecule has 1 aromatic carbocycles. The number of morpholine rings is 1. The van der Waals surface area contributed by atoms with E-state index in [2.05, 4.69) is 60.2 Å². The van der Waals surface area contributed by atoms with Gasteiger partial charge in [0.15, 0.2) is 0 Å². The first-order valence-electron chi connectivity index (χ1n) is 9.04. The van der Waals surface area contributed by atoms with Crippen LogP contribution in [0.25, 0.3) is 0 Å². The Kier molecular flexibility index (Phi) is 6.06. The van der Waals surface area contributed by atoms with Crippen molar-refractivity contribution in [1.29, 1.82) is 0 Å². The van der Waals surface area contributed by atoms with Gasteiger partial charge in [-0.1, -0.05) is 45.0 Å². The fourth-order valence-corrected chi connectivity index (χ4v) is 3.67. The zero-order chi connectivity index (χ0) is 18.6. The molecule has 2 aromatic rings. The van der Waals surface area contributed by atoms with Crippen LogP contribution in [0.5, 0.6) is 0 Å². The highest BCUT2D eigenvalue weighted by atomic mass is 32.1. The first kappa shape index (κ1) is 19.0. The van der Waals surface area contributed by atoms with E-state index >= 15 is 0 Å². The molecule has 1 saturated heterocycles. The van der Waals surface area contributed by atoms with Gasteiger partial charge in [-0.05, 0) is 11.1 Å². The van der Waals surface area contributed by atoms with Crippen molar-refractivity contribution < 1.29 is 9.53 Å². The minimum absolute atomic E-state index is 0.0283. The summed E-state index contributed by atoms with van der Waals surface area (Å²) in [7, 11) is 0. The number of hydrogen-bond donors (Lipinski definition) is 1. The molecule has 0 unspecified atom stereocenters. The fourth-order valence-electron chi connectivity index (χ4n) is 2.78. The fraction of sp³-hybridized carbons (Fsp3) is 0.500. The molecule has 2 heterocycles. The Morgan fingerprint density at radius 1 is 1.19 bits per heavy atom. The molecule has 0 atom stereocenters. The van der Waals surface area contributed by atoms with Crippen molar-refractivity contribution in [2.24, 2.45) is 0 Å². The van der Waals surface area contributed by atoms with E-state index in [9.17, 15) is 4.79 Å². The third kappa shape index (κ3) is 5.13. The lowest BCUT2D eigenvalue weighted by Crippen LogP contribution is -2.35. The number of rotatable bonds is 5. The van der Waals surface area contributed by atoms with E-state index in [1.165, 1.54) is 16.9 Å². The van der Waals surface area contributed by atoms with Gasteiger partial charge in [-0.25, -0.2) is 4.98 Å². The lowest BCUT2D eigenvalue weighted by atomic mass is 9.98. The molecule has 0 bridgehead atoms. The predicted octanol–water partition coefficient (Wildman–Crippen LogP) is 3.20. The first-order chi connectivity index (χ1) is 12.4. The molecule has 26 heavy (non-hydrogen) atoms. The molecule has 3 rings (SSSR count). The minimum atomic E-state index is -0.0598. The van der Waals surface area contributed by atoms with Crippen LogP contribution < -0.4 is 5.32 Å². The summed E-state index contributed by atoms with van der Waals surface area (Å²) in [6, 6.07) is 8.45. The van der Waals surface area contributed by atoms with Crippen molar-refractivity contribution in [3.8, 4) is 0 Å². The SMILES string of the molecule is CC(C)(C)c1ncc(C(=O)NCc2ccc(CN3CCOCC3)cc2)s1. The first-order valence-corrected chi connectivity index (χ1v) is 9.86. The molecular weight excluding hydrogens is 346 g/mol. The second kappa shape index (κ2) is 8.29. The van der Waals surface area contributed by atoms with Crippen LogP contribution in [0.4, 0.5) is 0 Å². The van der Waals surface area contributed by atoms with Gasteiger partial charge in [0.25, 0.3) is 5.91 Å². The number of thiazole rings is 1. The van der Waals surface area contributed by atoms with Crippen molar-refractivity contribution in [3.63, 3.8) is 0 Å². The zero-order valence-corrected chi connectivity index (χ0v) is 16.6. The lowest BCUT2D eigenvalue weighted by molar-refractivity contribution is 0.0342. The van der Waals surface area contributed by atoms with Gasteiger partial charge in [0.05, 0.1) is 24.4 Å². The molecule has 1 fully saturated rings.